The van der Waals surface area contributed by atoms with E-state index in [2.05, 4.69) is 79.4 Å². The number of benzene rings is 2. The summed E-state index contributed by atoms with van der Waals surface area (Å²) in [6.45, 7) is 6.23. The molecular weight excluding hydrogens is 268 g/mol. The van der Waals surface area contributed by atoms with Gasteiger partial charge in [-0.1, -0.05) is 74.5 Å². The molecule has 0 aliphatic heterocycles. The molecule has 2 aromatic rings. The minimum atomic E-state index is 0.274. The number of nitrogens with two attached hydrogens (primary N) is 1. The molecule has 0 radical (unpaired) electrons. The number of hydrogen-bond donors (Lipinski definition) is 1. The minimum Gasteiger partial charge on any atom is -0.329 e. The van der Waals surface area contributed by atoms with E-state index in [1.54, 1.807) is 0 Å². The van der Waals surface area contributed by atoms with Crippen molar-refractivity contribution in [2.75, 3.05) is 13.1 Å². The Hall–Kier alpha value is -1.64. The topological polar surface area (TPSA) is 29.3 Å². The normalized spacial score (nSPS) is 12.8. The van der Waals surface area contributed by atoms with E-state index in [0.717, 1.165) is 19.4 Å². The molecule has 0 heterocycles. The van der Waals surface area contributed by atoms with Crippen molar-refractivity contribution < 1.29 is 0 Å². The Kier molecular flexibility index (Phi) is 6.63. The number of hydrogen-bond acceptors (Lipinski definition) is 2. The third kappa shape index (κ3) is 3.96. The van der Waals surface area contributed by atoms with Crippen molar-refractivity contribution in [3.63, 3.8) is 0 Å². The van der Waals surface area contributed by atoms with Crippen LogP contribution in [0.25, 0.3) is 0 Å². The smallest absolute Gasteiger partial charge is 0.0604 e. The molecule has 0 saturated heterocycles. The Morgan fingerprint density at radius 2 is 1.36 bits per heavy atom. The van der Waals surface area contributed by atoms with Crippen LogP contribution < -0.4 is 5.73 Å². The molecule has 1 atom stereocenters. The monoisotopic (exact) mass is 296 g/mol. The van der Waals surface area contributed by atoms with Gasteiger partial charge in [-0.05, 0) is 30.5 Å². The summed E-state index contributed by atoms with van der Waals surface area (Å²) >= 11 is 0. The zero-order chi connectivity index (χ0) is 15.8. The molecule has 0 aliphatic rings. The van der Waals surface area contributed by atoms with E-state index >= 15 is 0 Å². The molecule has 0 aromatic heterocycles. The molecule has 118 valence electrons. The third-order valence-corrected chi connectivity index (χ3v) is 4.26. The van der Waals surface area contributed by atoms with Crippen molar-refractivity contribution >= 4 is 0 Å². The average molecular weight is 296 g/mol. The maximum absolute atomic E-state index is 6.07. The van der Waals surface area contributed by atoms with E-state index in [4.69, 9.17) is 5.73 Å². The van der Waals surface area contributed by atoms with Crippen LogP contribution in [0, 0.1) is 0 Å². The van der Waals surface area contributed by atoms with Crippen molar-refractivity contribution in [3.05, 3.63) is 71.8 Å². The molecule has 1 unspecified atom stereocenters. The van der Waals surface area contributed by atoms with E-state index in [0.29, 0.717) is 12.6 Å². The zero-order valence-corrected chi connectivity index (χ0v) is 13.8. The maximum atomic E-state index is 6.07. The molecule has 2 rings (SSSR count). The van der Waals surface area contributed by atoms with Crippen molar-refractivity contribution in [2.45, 2.75) is 38.8 Å². The van der Waals surface area contributed by atoms with E-state index in [1.165, 1.54) is 11.1 Å². The third-order valence-electron chi connectivity index (χ3n) is 4.26. The van der Waals surface area contributed by atoms with Crippen molar-refractivity contribution in [1.29, 1.82) is 0 Å². The van der Waals surface area contributed by atoms with Gasteiger partial charge in [0.05, 0.1) is 6.04 Å². The SMILES string of the molecule is CCCN(C(CC)CN)C(c1ccccc1)c1ccccc1. The molecule has 0 fully saturated rings. The van der Waals surface area contributed by atoms with Crippen LogP contribution >= 0.6 is 0 Å². The fraction of sp³-hybridized carbons (Fsp3) is 0.400. The highest BCUT2D eigenvalue weighted by atomic mass is 15.2. The Morgan fingerprint density at radius 3 is 1.73 bits per heavy atom. The second kappa shape index (κ2) is 8.72. The van der Waals surface area contributed by atoms with Crippen LogP contribution in [-0.4, -0.2) is 24.0 Å². The molecule has 0 spiro atoms. The van der Waals surface area contributed by atoms with Crippen LogP contribution in [-0.2, 0) is 0 Å². The lowest BCUT2D eigenvalue weighted by Crippen LogP contribution is -2.43. The number of nitrogens with zero attached hydrogens (tertiary/aromatic N) is 1. The van der Waals surface area contributed by atoms with Crippen LogP contribution in [0.15, 0.2) is 60.7 Å². The summed E-state index contributed by atoms with van der Waals surface area (Å²) in [7, 11) is 0. The van der Waals surface area contributed by atoms with Gasteiger partial charge in [-0.15, -0.1) is 0 Å². The quantitative estimate of drug-likeness (QED) is 0.790. The Labute approximate surface area is 135 Å². The first kappa shape index (κ1) is 16.7. The van der Waals surface area contributed by atoms with Crippen LogP contribution in [0.5, 0.6) is 0 Å². The van der Waals surface area contributed by atoms with Crippen molar-refractivity contribution in [3.8, 4) is 0 Å². The first-order chi connectivity index (χ1) is 10.8. The highest BCUT2D eigenvalue weighted by molar-refractivity contribution is 5.32. The zero-order valence-electron chi connectivity index (χ0n) is 13.8. The van der Waals surface area contributed by atoms with Gasteiger partial charge in [0.15, 0.2) is 0 Å². The lowest BCUT2D eigenvalue weighted by Gasteiger charge is -2.38. The summed E-state index contributed by atoms with van der Waals surface area (Å²) in [5, 5.41) is 0. The van der Waals surface area contributed by atoms with E-state index in [-0.39, 0.29) is 6.04 Å². The lowest BCUT2D eigenvalue weighted by atomic mass is 9.94. The van der Waals surface area contributed by atoms with E-state index in [9.17, 15) is 0 Å². The minimum absolute atomic E-state index is 0.274. The Bertz CT molecular complexity index is 480. The van der Waals surface area contributed by atoms with Gasteiger partial charge in [-0.25, -0.2) is 0 Å². The summed E-state index contributed by atoms with van der Waals surface area (Å²) in [4.78, 5) is 2.57. The van der Waals surface area contributed by atoms with E-state index < -0.39 is 0 Å². The Morgan fingerprint density at radius 1 is 0.864 bits per heavy atom. The summed E-state index contributed by atoms with van der Waals surface area (Å²) in [5.74, 6) is 0. The molecule has 22 heavy (non-hydrogen) atoms. The summed E-state index contributed by atoms with van der Waals surface area (Å²) in [5.41, 5.74) is 8.75. The van der Waals surface area contributed by atoms with Crippen LogP contribution in [0.3, 0.4) is 0 Å². The molecule has 2 aromatic carbocycles. The fourth-order valence-electron chi connectivity index (χ4n) is 3.16. The molecule has 2 nitrogen and oxygen atoms in total. The molecule has 2 N–H and O–H groups in total. The van der Waals surface area contributed by atoms with Gasteiger partial charge >= 0.3 is 0 Å². The highest BCUT2D eigenvalue weighted by Crippen LogP contribution is 2.31. The van der Waals surface area contributed by atoms with Crippen LogP contribution in [0.1, 0.15) is 43.9 Å². The second-order valence-electron chi connectivity index (χ2n) is 5.76. The first-order valence-corrected chi connectivity index (χ1v) is 8.37. The van der Waals surface area contributed by atoms with Crippen LogP contribution in [0.2, 0.25) is 0 Å². The molecule has 0 amide bonds. The number of rotatable bonds is 8. The predicted octanol–water partition coefficient (Wildman–Crippen LogP) is 4.23. The van der Waals surface area contributed by atoms with Crippen molar-refractivity contribution in [1.82, 2.24) is 4.90 Å². The Balaban J connectivity index is 2.46. The lowest BCUT2D eigenvalue weighted by molar-refractivity contribution is 0.155. The first-order valence-electron chi connectivity index (χ1n) is 8.37. The molecule has 0 aliphatic carbocycles. The van der Waals surface area contributed by atoms with Gasteiger partial charge in [0.2, 0.25) is 0 Å². The predicted molar refractivity (Wildman–Crippen MR) is 94.9 cm³/mol. The maximum Gasteiger partial charge on any atom is 0.0604 e. The highest BCUT2D eigenvalue weighted by Gasteiger charge is 2.26. The van der Waals surface area contributed by atoms with Gasteiger partial charge in [0.25, 0.3) is 0 Å². The van der Waals surface area contributed by atoms with Gasteiger partial charge in [-0.3, -0.25) is 4.90 Å². The van der Waals surface area contributed by atoms with Gasteiger partial charge in [0, 0.05) is 12.6 Å². The summed E-state index contributed by atoms with van der Waals surface area (Å²) < 4.78 is 0. The van der Waals surface area contributed by atoms with Gasteiger partial charge in [-0.2, -0.15) is 0 Å². The molecule has 0 bridgehead atoms. The standard InChI is InChI=1S/C20H28N2/c1-3-15-22(19(4-2)16-21)20(17-11-7-5-8-12-17)18-13-9-6-10-14-18/h5-14,19-20H,3-4,15-16,21H2,1-2H3. The fourth-order valence-corrected chi connectivity index (χ4v) is 3.16. The van der Waals surface area contributed by atoms with Gasteiger partial charge < -0.3 is 5.73 Å². The molecule has 0 saturated carbocycles. The van der Waals surface area contributed by atoms with Crippen molar-refractivity contribution in [2.24, 2.45) is 5.73 Å². The molecule has 2 heteroatoms. The second-order valence-corrected chi connectivity index (χ2v) is 5.76. The van der Waals surface area contributed by atoms with Gasteiger partial charge in [0.1, 0.15) is 0 Å². The largest absolute Gasteiger partial charge is 0.329 e. The summed E-state index contributed by atoms with van der Waals surface area (Å²) in [6, 6.07) is 22.2. The van der Waals surface area contributed by atoms with Crippen LogP contribution in [0.4, 0.5) is 0 Å². The van der Waals surface area contributed by atoms with E-state index in [1.807, 2.05) is 0 Å². The molecular formula is C20H28N2. The average Bonchev–Trinajstić information content (AvgIpc) is 2.58. The summed E-state index contributed by atoms with van der Waals surface area (Å²) in [6.07, 6.45) is 2.21.